The predicted octanol–water partition coefficient (Wildman–Crippen LogP) is -1.36. The van der Waals surface area contributed by atoms with E-state index < -0.39 is 10.4 Å². The van der Waals surface area contributed by atoms with E-state index in [1.54, 1.807) is 0 Å². The van der Waals surface area contributed by atoms with Crippen LogP contribution in [0.4, 0.5) is 0 Å². The molecule has 0 aliphatic carbocycles. The fourth-order valence-electron chi connectivity index (χ4n) is 0.0471. The van der Waals surface area contributed by atoms with Gasteiger partial charge in [-0.05, 0) is 0 Å². The van der Waals surface area contributed by atoms with Gasteiger partial charge in [-0.2, -0.15) is 8.42 Å². The van der Waals surface area contributed by atoms with Crippen molar-refractivity contribution in [1.82, 2.24) is 0 Å². The average molecular weight is 131 g/mol. The predicted molar refractivity (Wildman–Crippen MR) is 25.4 cm³/mol. The van der Waals surface area contributed by atoms with E-state index in [0.29, 0.717) is 0 Å². The maximum atomic E-state index is 9.34. The van der Waals surface area contributed by atoms with Crippen LogP contribution >= 0.6 is 0 Å². The molecule has 0 bridgehead atoms. The minimum atomic E-state index is -4.54. The van der Waals surface area contributed by atoms with Gasteiger partial charge in [0, 0.05) is 0 Å². The molecule has 0 fully saturated rings. The molecule has 0 atom stereocenters. The SMILES string of the molecule is N#COS(=O)(=O)O.[LiH]. The van der Waals surface area contributed by atoms with Gasteiger partial charge in [0.15, 0.2) is 0 Å². The quantitative estimate of drug-likeness (QED) is 0.269. The van der Waals surface area contributed by atoms with Crippen LogP contribution in [0.2, 0.25) is 0 Å². The van der Waals surface area contributed by atoms with Crippen LogP contribution in [0.5, 0.6) is 0 Å². The van der Waals surface area contributed by atoms with E-state index >= 15 is 0 Å². The van der Waals surface area contributed by atoms with E-state index in [-0.39, 0.29) is 18.9 Å². The Bertz CT molecular complexity index is 177. The molecule has 0 amide bonds. The molecule has 0 aromatic carbocycles. The second-order valence-corrected chi connectivity index (χ2v) is 1.62. The first-order chi connectivity index (χ1) is 3.06. The van der Waals surface area contributed by atoms with Crippen LogP contribution < -0.4 is 0 Å². The fourth-order valence-corrected chi connectivity index (χ4v) is 0.141. The van der Waals surface area contributed by atoms with Crippen molar-refractivity contribution in [3.63, 3.8) is 0 Å². The molecule has 0 saturated carbocycles. The van der Waals surface area contributed by atoms with Crippen LogP contribution in [0.25, 0.3) is 0 Å². The molecule has 1 N–H and O–H groups in total. The Morgan fingerprint density at radius 1 is 1.62 bits per heavy atom. The Balaban J connectivity index is 0. The molecule has 8 heavy (non-hydrogen) atoms. The number of hydrogen-bond donors (Lipinski definition) is 1. The average Bonchev–Trinajstić information content (AvgIpc) is 1.30. The summed E-state index contributed by atoms with van der Waals surface area (Å²) in [5.74, 6) is 0. The van der Waals surface area contributed by atoms with E-state index in [4.69, 9.17) is 9.81 Å². The summed E-state index contributed by atoms with van der Waals surface area (Å²) < 4.78 is 29.3. The van der Waals surface area contributed by atoms with Crippen LogP contribution in [0, 0.1) is 11.5 Å². The number of nitriles is 1. The topological polar surface area (TPSA) is 87.4 Å². The van der Waals surface area contributed by atoms with Crippen molar-refractivity contribution in [1.29, 1.82) is 5.26 Å². The van der Waals surface area contributed by atoms with Gasteiger partial charge in [0.05, 0.1) is 0 Å². The van der Waals surface area contributed by atoms with Crippen molar-refractivity contribution in [2.24, 2.45) is 0 Å². The van der Waals surface area contributed by atoms with Gasteiger partial charge >= 0.3 is 35.5 Å². The molecular weight excluding hydrogens is 129 g/mol. The Labute approximate surface area is 58.4 Å². The van der Waals surface area contributed by atoms with Crippen LogP contribution in [-0.2, 0) is 14.6 Å². The normalized spacial score (nSPS) is 8.50. The molecule has 0 heterocycles. The van der Waals surface area contributed by atoms with Gasteiger partial charge in [-0.25, -0.2) is 0 Å². The standard InChI is InChI=1S/CHNO4S.Li.H/c2-1-6-7(3,4)5;;/h(H,3,4,5);;. The summed E-state index contributed by atoms with van der Waals surface area (Å²) in [6, 6.07) is 0. The summed E-state index contributed by atoms with van der Waals surface area (Å²) in [5.41, 5.74) is 0. The van der Waals surface area contributed by atoms with Gasteiger partial charge in [-0.1, -0.05) is 0 Å². The zero-order chi connectivity index (χ0) is 5.91. The Morgan fingerprint density at radius 3 is 2.00 bits per heavy atom. The molecule has 0 unspecified atom stereocenters. The van der Waals surface area contributed by atoms with Crippen molar-refractivity contribution >= 4 is 29.3 Å². The van der Waals surface area contributed by atoms with Crippen molar-refractivity contribution in [2.75, 3.05) is 0 Å². The zero-order valence-electron chi connectivity index (χ0n) is 3.03. The van der Waals surface area contributed by atoms with Gasteiger partial charge < -0.3 is 0 Å². The summed E-state index contributed by atoms with van der Waals surface area (Å²) >= 11 is 0. The summed E-state index contributed by atoms with van der Waals surface area (Å²) in [6.07, 6.45) is 0.770. The van der Waals surface area contributed by atoms with Gasteiger partial charge in [0.25, 0.3) is 0 Å². The molecule has 0 radical (unpaired) electrons. The minimum absolute atomic E-state index is 0. The van der Waals surface area contributed by atoms with Crippen LogP contribution in [0.3, 0.4) is 0 Å². The Kier molecular flexibility index (Phi) is 5.03. The van der Waals surface area contributed by atoms with Crippen LogP contribution in [0.15, 0.2) is 0 Å². The molecule has 0 saturated heterocycles. The van der Waals surface area contributed by atoms with Crippen molar-refractivity contribution < 1.29 is 17.2 Å². The third-order valence-corrected chi connectivity index (χ3v) is 0.428. The first-order valence-electron chi connectivity index (χ1n) is 1.11. The van der Waals surface area contributed by atoms with Crippen LogP contribution in [-0.4, -0.2) is 31.8 Å². The summed E-state index contributed by atoms with van der Waals surface area (Å²) in [6.45, 7) is 0. The van der Waals surface area contributed by atoms with E-state index in [0.717, 1.165) is 6.26 Å². The first-order valence-corrected chi connectivity index (χ1v) is 2.48. The molecular formula is CH2LiNO4S. The number of hydrogen-bond acceptors (Lipinski definition) is 4. The monoisotopic (exact) mass is 131 g/mol. The second-order valence-electron chi connectivity index (χ2n) is 0.602. The van der Waals surface area contributed by atoms with Crippen molar-refractivity contribution in [3.8, 4) is 6.26 Å². The van der Waals surface area contributed by atoms with Crippen molar-refractivity contribution in [3.05, 3.63) is 0 Å². The van der Waals surface area contributed by atoms with E-state index in [9.17, 15) is 8.42 Å². The summed E-state index contributed by atoms with van der Waals surface area (Å²) in [5, 5.41) is 7.39. The molecule has 7 heteroatoms. The Morgan fingerprint density at radius 2 is 2.00 bits per heavy atom. The molecule has 0 aromatic heterocycles. The molecule has 5 nitrogen and oxygen atoms in total. The molecule has 0 spiro atoms. The maximum absolute atomic E-state index is 9.34. The van der Waals surface area contributed by atoms with Gasteiger partial charge in [0.2, 0.25) is 0 Å². The van der Waals surface area contributed by atoms with Gasteiger partial charge in [-0.3, -0.25) is 8.74 Å². The van der Waals surface area contributed by atoms with E-state index in [1.165, 1.54) is 0 Å². The summed E-state index contributed by atoms with van der Waals surface area (Å²) in [7, 11) is -4.54. The number of nitrogens with zero attached hydrogens (tertiary/aromatic N) is 1. The van der Waals surface area contributed by atoms with Crippen molar-refractivity contribution in [2.45, 2.75) is 0 Å². The third kappa shape index (κ3) is 9.25. The molecule has 0 aromatic rings. The molecule has 0 aliphatic rings. The molecule has 0 rings (SSSR count). The van der Waals surface area contributed by atoms with Gasteiger partial charge in [0.1, 0.15) is 0 Å². The molecule has 42 valence electrons. The van der Waals surface area contributed by atoms with E-state index in [1.807, 2.05) is 0 Å². The van der Waals surface area contributed by atoms with Gasteiger partial charge in [-0.15, -0.1) is 5.26 Å². The van der Waals surface area contributed by atoms with E-state index in [2.05, 4.69) is 4.18 Å². The first kappa shape index (κ1) is 10.7. The van der Waals surface area contributed by atoms with Crippen LogP contribution in [0.1, 0.15) is 0 Å². The fraction of sp³-hybridized carbons (Fsp3) is 0. The molecule has 0 aliphatic heterocycles. The summed E-state index contributed by atoms with van der Waals surface area (Å²) in [4.78, 5) is 0. The second kappa shape index (κ2) is 3.76. The zero-order valence-corrected chi connectivity index (χ0v) is 3.84. The number of rotatable bonds is 1. The Hall–Kier alpha value is -0.203. The third-order valence-electron chi connectivity index (χ3n) is 0.143.